The minimum absolute atomic E-state index is 0.0116. The molecule has 0 atom stereocenters. The first-order valence-electron chi connectivity index (χ1n) is 2.91. The van der Waals surface area contributed by atoms with E-state index in [1.807, 2.05) is 0 Å². The van der Waals surface area contributed by atoms with E-state index in [0.717, 1.165) is 0 Å². The molecular formula is C7H7N2O2. The van der Waals surface area contributed by atoms with Gasteiger partial charge in [-0.2, -0.15) is 0 Å². The van der Waals surface area contributed by atoms with Crippen molar-refractivity contribution in [2.45, 2.75) is 0 Å². The molecule has 0 saturated carbocycles. The van der Waals surface area contributed by atoms with E-state index < -0.39 is 5.97 Å². The van der Waals surface area contributed by atoms with Crippen LogP contribution in [0.3, 0.4) is 0 Å². The van der Waals surface area contributed by atoms with E-state index >= 15 is 0 Å². The monoisotopic (exact) mass is 151 g/mol. The molecule has 0 aliphatic carbocycles. The van der Waals surface area contributed by atoms with Crippen molar-refractivity contribution in [3.63, 3.8) is 0 Å². The molecule has 1 aromatic rings. The molecule has 1 rings (SSSR count). The zero-order valence-electron chi connectivity index (χ0n) is 5.66. The third kappa shape index (κ3) is 1.61. The second kappa shape index (κ2) is 2.49. The smallest absolute Gasteiger partial charge is 0.336 e. The van der Waals surface area contributed by atoms with Gasteiger partial charge in [0.15, 0.2) is 0 Å². The Morgan fingerprint density at radius 1 is 1.45 bits per heavy atom. The molecule has 1 radical (unpaired) electrons. The Morgan fingerprint density at radius 2 is 2.09 bits per heavy atom. The van der Waals surface area contributed by atoms with Gasteiger partial charge in [0.05, 0.1) is 5.56 Å². The first-order valence-corrected chi connectivity index (χ1v) is 2.91. The van der Waals surface area contributed by atoms with Crippen molar-refractivity contribution in [1.29, 1.82) is 0 Å². The van der Waals surface area contributed by atoms with E-state index in [-0.39, 0.29) is 11.3 Å². The van der Waals surface area contributed by atoms with Gasteiger partial charge in [-0.25, -0.2) is 4.79 Å². The van der Waals surface area contributed by atoms with Crippen LogP contribution in [0.4, 0.5) is 11.4 Å². The van der Waals surface area contributed by atoms with Crippen molar-refractivity contribution >= 4 is 17.3 Å². The number of carbonyl (C=O) groups is 1. The first-order chi connectivity index (χ1) is 5.09. The van der Waals surface area contributed by atoms with Crippen LogP contribution >= 0.6 is 0 Å². The highest BCUT2D eigenvalue weighted by Gasteiger charge is 2.03. The summed E-state index contributed by atoms with van der Waals surface area (Å²) in [6.45, 7) is 0. The van der Waals surface area contributed by atoms with Crippen molar-refractivity contribution < 1.29 is 9.90 Å². The highest BCUT2D eigenvalue weighted by molar-refractivity contribution is 5.89. The Labute approximate surface area is 63.4 Å². The molecule has 0 heterocycles. The predicted octanol–water partition coefficient (Wildman–Crippen LogP) is 0.349. The fraction of sp³-hybridized carbons (Fsp3) is 0. The van der Waals surface area contributed by atoms with Crippen molar-refractivity contribution in [2.75, 3.05) is 11.5 Å². The maximum Gasteiger partial charge on any atom is 0.336 e. The lowest BCUT2D eigenvalue weighted by molar-refractivity contribution is 0.0696. The molecule has 0 bridgehead atoms. The number of carboxylic acid groups (broad SMARTS) is 1. The Morgan fingerprint density at radius 3 is 2.55 bits per heavy atom. The SMILES string of the molecule is Nc1[c]c(C(=O)O)cc(N)c1. The molecule has 0 saturated heterocycles. The lowest BCUT2D eigenvalue weighted by atomic mass is 10.2. The van der Waals surface area contributed by atoms with Crippen LogP contribution in [0.15, 0.2) is 12.1 Å². The largest absolute Gasteiger partial charge is 0.478 e. The van der Waals surface area contributed by atoms with E-state index in [4.69, 9.17) is 16.6 Å². The number of nitrogen functional groups attached to an aromatic ring is 2. The number of hydrogen-bond donors (Lipinski definition) is 3. The molecule has 0 aliphatic rings. The van der Waals surface area contributed by atoms with Crippen LogP contribution in [0.25, 0.3) is 0 Å². The highest BCUT2D eigenvalue weighted by Crippen LogP contribution is 2.12. The number of benzene rings is 1. The zero-order chi connectivity index (χ0) is 8.43. The number of hydrogen-bond acceptors (Lipinski definition) is 3. The maximum atomic E-state index is 10.4. The molecule has 11 heavy (non-hydrogen) atoms. The van der Waals surface area contributed by atoms with Gasteiger partial charge >= 0.3 is 5.97 Å². The molecule has 57 valence electrons. The Hall–Kier alpha value is -1.71. The number of carboxylic acids is 1. The average Bonchev–Trinajstić information content (AvgIpc) is 1.85. The molecule has 0 aliphatic heterocycles. The second-order valence-corrected chi connectivity index (χ2v) is 2.09. The number of rotatable bonds is 1. The van der Waals surface area contributed by atoms with Crippen LogP contribution in [0.2, 0.25) is 0 Å². The van der Waals surface area contributed by atoms with Crippen LogP contribution in [-0.4, -0.2) is 11.1 Å². The Kier molecular flexibility index (Phi) is 1.68. The van der Waals surface area contributed by atoms with Crippen LogP contribution in [0.1, 0.15) is 10.4 Å². The van der Waals surface area contributed by atoms with Crippen LogP contribution in [0, 0.1) is 6.07 Å². The van der Waals surface area contributed by atoms with Crippen LogP contribution in [0.5, 0.6) is 0 Å². The maximum absolute atomic E-state index is 10.4. The van der Waals surface area contributed by atoms with Crippen molar-refractivity contribution in [3.8, 4) is 0 Å². The van der Waals surface area contributed by atoms with E-state index in [9.17, 15) is 4.79 Å². The van der Waals surface area contributed by atoms with Gasteiger partial charge < -0.3 is 16.6 Å². The standard InChI is InChI=1S/C7H7N2O2/c8-5-1-4(7(10)11)2-6(9)3-5/h1,3H,8-9H2,(H,10,11). The van der Waals surface area contributed by atoms with E-state index in [2.05, 4.69) is 6.07 Å². The highest BCUT2D eigenvalue weighted by atomic mass is 16.4. The van der Waals surface area contributed by atoms with Crippen molar-refractivity contribution in [3.05, 3.63) is 23.8 Å². The molecule has 0 aromatic heterocycles. The normalized spacial score (nSPS) is 9.45. The summed E-state index contributed by atoms with van der Waals surface area (Å²) in [5.74, 6) is -1.08. The summed E-state index contributed by atoms with van der Waals surface area (Å²) in [4.78, 5) is 10.4. The number of nitrogens with two attached hydrogens (primary N) is 2. The van der Waals surface area contributed by atoms with Gasteiger partial charge in [-0.05, 0) is 12.1 Å². The van der Waals surface area contributed by atoms with Gasteiger partial charge in [-0.15, -0.1) is 0 Å². The van der Waals surface area contributed by atoms with E-state index in [1.165, 1.54) is 12.1 Å². The summed E-state index contributed by atoms with van der Waals surface area (Å²) in [5.41, 5.74) is 11.2. The summed E-state index contributed by atoms with van der Waals surface area (Å²) < 4.78 is 0. The first kappa shape index (κ1) is 7.40. The summed E-state index contributed by atoms with van der Waals surface area (Å²) in [5, 5.41) is 8.49. The molecule has 0 fully saturated rings. The van der Waals surface area contributed by atoms with E-state index in [0.29, 0.717) is 5.69 Å². The second-order valence-electron chi connectivity index (χ2n) is 2.09. The van der Waals surface area contributed by atoms with Crippen LogP contribution < -0.4 is 11.5 Å². The quantitative estimate of drug-likeness (QED) is 0.505. The van der Waals surface area contributed by atoms with Crippen molar-refractivity contribution in [1.82, 2.24) is 0 Å². The Bertz CT molecular complexity index is 276. The van der Waals surface area contributed by atoms with Gasteiger partial charge in [-0.1, -0.05) is 0 Å². The molecule has 5 N–H and O–H groups in total. The fourth-order valence-corrected chi connectivity index (χ4v) is 0.731. The number of anilines is 2. The van der Waals surface area contributed by atoms with Crippen molar-refractivity contribution in [2.24, 2.45) is 0 Å². The Balaban J connectivity index is 3.19. The van der Waals surface area contributed by atoms with Gasteiger partial charge in [0.2, 0.25) is 0 Å². The summed E-state index contributed by atoms with van der Waals surface area (Å²) in [7, 11) is 0. The number of aromatic carboxylic acids is 1. The molecule has 4 nitrogen and oxygen atoms in total. The molecule has 1 aromatic carbocycles. The van der Waals surface area contributed by atoms with E-state index in [1.54, 1.807) is 0 Å². The third-order valence-corrected chi connectivity index (χ3v) is 1.14. The molecule has 4 heteroatoms. The molecule has 0 spiro atoms. The third-order valence-electron chi connectivity index (χ3n) is 1.14. The zero-order valence-corrected chi connectivity index (χ0v) is 5.66. The molecule has 0 unspecified atom stereocenters. The van der Waals surface area contributed by atoms with Crippen LogP contribution in [-0.2, 0) is 0 Å². The summed E-state index contributed by atoms with van der Waals surface area (Å²) >= 11 is 0. The lowest BCUT2D eigenvalue weighted by Crippen LogP contribution is -2.00. The average molecular weight is 151 g/mol. The topological polar surface area (TPSA) is 89.3 Å². The van der Waals surface area contributed by atoms with Gasteiger partial charge in [0, 0.05) is 17.4 Å². The minimum atomic E-state index is -1.08. The molecule has 0 amide bonds. The molecular weight excluding hydrogens is 144 g/mol. The lowest BCUT2D eigenvalue weighted by Gasteiger charge is -1.97. The van der Waals surface area contributed by atoms with Gasteiger partial charge in [-0.3, -0.25) is 0 Å². The summed E-state index contributed by atoms with van der Waals surface area (Å²) in [6.07, 6.45) is 0. The van der Waals surface area contributed by atoms with Gasteiger partial charge in [0.1, 0.15) is 0 Å². The minimum Gasteiger partial charge on any atom is -0.478 e. The fourth-order valence-electron chi connectivity index (χ4n) is 0.731. The van der Waals surface area contributed by atoms with Gasteiger partial charge in [0.25, 0.3) is 0 Å². The summed E-state index contributed by atoms with van der Waals surface area (Å²) in [6, 6.07) is 5.20. The predicted molar refractivity (Wildman–Crippen MR) is 41.1 cm³/mol.